The molecule has 7 nitrogen and oxygen atoms in total. The van der Waals surface area contributed by atoms with Gasteiger partial charge in [-0.15, -0.1) is 5.10 Å². The second-order valence-corrected chi connectivity index (χ2v) is 6.41. The molecule has 0 saturated heterocycles. The summed E-state index contributed by atoms with van der Waals surface area (Å²) in [7, 11) is 0. The first kappa shape index (κ1) is 21.5. The molecule has 2 heterocycles. The molecule has 2 aromatic heterocycles. The number of esters is 1. The van der Waals surface area contributed by atoms with Crippen molar-refractivity contribution in [3.8, 4) is 5.75 Å². The number of carbonyl (C=O) groups is 1. The number of carbonyl (C=O) groups excluding carboxylic acids is 1. The highest BCUT2D eigenvalue weighted by Gasteiger charge is 2.36. The van der Waals surface area contributed by atoms with Crippen LogP contribution in [0.15, 0.2) is 24.3 Å². The number of aromatic nitrogens is 4. The van der Waals surface area contributed by atoms with Crippen molar-refractivity contribution in [2.45, 2.75) is 32.9 Å². The molecule has 0 spiro atoms. The number of alkyl halides is 3. The Balaban J connectivity index is 1.57. The van der Waals surface area contributed by atoms with Crippen LogP contribution in [0.3, 0.4) is 0 Å². The van der Waals surface area contributed by atoms with Crippen LogP contribution in [0, 0.1) is 19.7 Å². The molecule has 0 fully saturated rings. The highest BCUT2D eigenvalue weighted by atomic mass is 19.4. The van der Waals surface area contributed by atoms with Gasteiger partial charge in [-0.2, -0.15) is 18.2 Å². The summed E-state index contributed by atoms with van der Waals surface area (Å²) in [6.45, 7) is 3.12. The predicted molar refractivity (Wildman–Crippen MR) is 96.4 cm³/mol. The van der Waals surface area contributed by atoms with Gasteiger partial charge < -0.3 is 9.47 Å². The minimum absolute atomic E-state index is 0.0164. The number of para-hydroxylation sites is 1. The lowest BCUT2D eigenvalue weighted by Crippen LogP contribution is -2.14. The molecule has 0 aliphatic carbocycles. The van der Waals surface area contributed by atoms with Gasteiger partial charge >= 0.3 is 12.1 Å². The van der Waals surface area contributed by atoms with Gasteiger partial charge in [0.15, 0.2) is 11.6 Å². The normalized spacial score (nSPS) is 11.7. The van der Waals surface area contributed by atoms with Crippen molar-refractivity contribution >= 4 is 11.7 Å². The number of hydrogen-bond acceptors (Lipinski definition) is 6. The zero-order valence-corrected chi connectivity index (χ0v) is 16.2. The number of rotatable bonds is 7. The van der Waals surface area contributed by atoms with Crippen molar-refractivity contribution in [1.29, 1.82) is 0 Å². The minimum atomic E-state index is -4.68. The summed E-state index contributed by atoms with van der Waals surface area (Å²) in [6.07, 6.45) is -4.49. The summed E-state index contributed by atoms with van der Waals surface area (Å²) in [5, 5.41) is 3.46. The average Bonchev–Trinajstić information content (AvgIpc) is 3.11. The van der Waals surface area contributed by atoms with E-state index >= 15 is 0 Å². The van der Waals surface area contributed by atoms with Crippen LogP contribution in [0.2, 0.25) is 0 Å². The lowest BCUT2D eigenvalue weighted by atomic mass is 10.1. The molecule has 30 heavy (non-hydrogen) atoms. The fraction of sp³-hybridized carbons (Fsp3) is 0.368. The zero-order valence-electron chi connectivity index (χ0n) is 16.2. The van der Waals surface area contributed by atoms with E-state index in [2.05, 4.69) is 15.1 Å². The summed E-state index contributed by atoms with van der Waals surface area (Å²) in [4.78, 5) is 19.4. The van der Waals surface area contributed by atoms with Crippen LogP contribution < -0.4 is 4.74 Å². The maximum Gasteiger partial charge on any atom is 0.453 e. The molecule has 0 saturated carbocycles. The van der Waals surface area contributed by atoms with Crippen molar-refractivity contribution in [1.82, 2.24) is 19.6 Å². The third kappa shape index (κ3) is 4.84. The molecule has 0 radical (unpaired) electrons. The topological polar surface area (TPSA) is 78.6 Å². The highest BCUT2D eigenvalue weighted by Crippen LogP contribution is 2.27. The molecule has 0 bridgehead atoms. The van der Waals surface area contributed by atoms with Gasteiger partial charge in [-0.3, -0.25) is 4.79 Å². The molecule has 0 atom stereocenters. The molecular formula is C19H18F4N4O3. The van der Waals surface area contributed by atoms with Gasteiger partial charge in [0.25, 0.3) is 11.6 Å². The quantitative estimate of drug-likeness (QED) is 0.327. The van der Waals surface area contributed by atoms with Gasteiger partial charge in [-0.25, -0.2) is 13.9 Å². The highest BCUT2D eigenvalue weighted by molar-refractivity contribution is 5.69. The number of ether oxygens (including phenoxy) is 2. The van der Waals surface area contributed by atoms with E-state index in [9.17, 15) is 22.4 Å². The average molecular weight is 426 g/mol. The number of nitrogens with zero attached hydrogens (tertiary/aromatic N) is 4. The summed E-state index contributed by atoms with van der Waals surface area (Å²) < 4.78 is 63.2. The molecular weight excluding hydrogens is 408 g/mol. The van der Waals surface area contributed by atoms with Crippen LogP contribution in [-0.4, -0.2) is 38.8 Å². The van der Waals surface area contributed by atoms with Gasteiger partial charge in [0.1, 0.15) is 13.2 Å². The maximum atomic E-state index is 13.4. The Labute approximate surface area is 168 Å². The van der Waals surface area contributed by atoms with E-state index < -0.39 is 23.8 Å². The second kappa shape index (κ2) is 8.64. The van der Waals surface area contributed by atoms with Gasteiger partial charge in [0, 0.05) is 17.8 Å². The summed E-state index contributed by atoms with van der Waals surface area (Å²) in [5.74, 6) is -2.41. The molecule has 1 aromatic carbocycles. The first-order chi connectivity index (χ1) is 14.2. The van der Waals surface area contributed by atoms with Crippen LogP contribution >= 0.6 is 0 Å². The van der Waals surface area contributed by atoms with Crippen LogP contribution in [0.4, 0.5) is 17.6 Å². The Morgan fingerprint density at radius 3 is 2.57 bits per heavy atom. The van der Waals surface area contributed by atoms with Crippen molar-refractivity contribution in [3.63, 3.8) is 0 Å². The van der Waals surface area contributed by atoms with Gasteiger partial charge in [-0.1, -0.05) is 12.1 Å². The first-order valence-electron chi connectivity index (χ1n) is 9.00. The Morgan fingerprint density at radius 2 is 1.87 bits per heavy atom. The van der Waals surface area contributed by atoms with E-state index in [0.717, 1.165) is 4.52 Å². The van der Waals surface area contributed by atoms with Crippen LogP contribution in [0.5, 0.6) is 5.75 Å². The number of fused-ring (bicyclic) bond motifs is 1. The molecule has 11 heteroatoms. The molecule has 0 aliphatic rings. The van der Waals surface area contributed by atoms with Crippen molar-refractivity contribution in [3.05, 3.63) is 52.9 Å². The van der Waals surface area contributed by atoms with Gasteiger partial charge in [0.05, 0.1) is 0 Å². The largest absolute Gasteiger partial charge is 0.487 e. The Bertz CT molecular complexity index is 1070. The summed E-state index contributed by atoms with van der Waals surface area (Å²) in [5.41, 5.74) is 1.45. The number of halogens is 4. The Morgan fingerprint density at radius 1 is 1.13 bits per heavy atom. The molecule has 3 aromatic rings. The van der Waals surface area contributed by atoms with E-state index in [1.54, 1.807) is 19.9 Å². The summed E-state index contributed by atoms with van der Waals surface area (Å²) >= 11 is 0. The monoisotopic (exact) mass is 426 g/mol. The molecule has 0 N–H and O–H groups in total. The molecule has 160 valence electrons. The van der Waals surface area contributed by atoms with E-state index in [4.69, 9.17) is 9.47 Å². The molecule has 3 rings (SSSR count). The second-order valence-electron chi connectivity index (χ2n) is 6.41. The third-order valence-corrected chi connectivity index (χ3v) is 4.32. The minimum Gasteiger partial charge on any atom is -0.487 e. The SMILES string of the molecule is Cc1nc2nc(C(F)(F)F)nn2c(C)c1CCC(=O)OCCOc1ccccc1F. The fourth-order valence-electron chi connectivity index (χ4n) is 2.86. The van der Waals surface area contributed by atoms with Crippen LogP contribution in [-0.2, 0) is 22.1 Å². The van der Waals surface area contributed by atoms with E-state index in [-0.39, 0.29) is 37.6 Å². The van der Waals surface area contributed by atoms with Crippen LogP contribution in [0.25, 0.3) is 5.78 Å². The standard InChI is InChI=1S/C19H18F4N4O3/c1-11-13(12(2)27-18(24-11)25-17(26-27)19(21,22)23)7-8-16(28)30-10-9-29-15-6-4-3-5-14(15)20/h3-6H,7-10H2,1-2H3. The third-order valence-electron chi connectivity index (χ3n) is 4.32. The van der Waals surface area contributed by atoms with Crippen LogP contribution in [0.1, 0.15) is 29.2 Å². The van der Waals surface area contributed by atoms with E-state index in [0.29, 0.717) is 17.0 Å². The molecule has 0 aliphatic heterocycles. The van der Waals surface area contributed by atoms with Crippen molar-refractivity contribution in [2.24, 2.45) is 0 Å². The van der Waals surface area contributed by atoms with E-state index in [1.165, 1.54) is 18.2 Å². The Hall–Kier alpha value is -3.24. The zero-order chi connectivity index (χ0) is 21.9. The van der Waals surface area contributed by atoms with Gasteiger partial charge in [-0.05, 0) is 38.0 Å². The molecule has 0 amide bonds. The molecule has 0 unspecified atom stereocenters. The lowest BCUT2D eigenvalue weighted by Gasteiger charge is -2.11. The summed E-state index contributed by atoms with van der Waals surface area (Å²) in [6, 6.07) is 5.86. The predicted octanol–water partition coefficient (Wildman–Crippen LogP) is 3.45. The fourth-order valence-corrected chi connectivity index (χ4v) is 2.86. The smallest absolute Gasteiger partial charge is 0.453 e. The number of aryl methyl sites for hydroxylation is 2. The lowest BCUT2D eigenvalue weighted by molar-refractivity contribution is -0.145. The maximum absolute atomic E-state index is 13.4. The van der Waals surface area contributed by atoms with E-state index in [1.807, 2.05) is 0 Å². The number of benzene rings is 1. The first-order valence-corrected chi connectivity index (χ1v) is 9.00. The van der Waals surface area contributed by atoms with Crippen molar-refractivity contribution in [2.75, 3.05) is 13.2 Å². The van der Waals surface area contributed by atoms with Gasteiger partial charge in [0.2, 0.25) is 0 Å². The Kier molecular flexibility index (Phi) is 6.18. The van der Waals surface area contributed by atoms with Crippen molar-refractivity contribution < 1.29 is 31.8 Å². The number of hydrogen-bond donors (Lipinski definition) is 0.